The highest BCUT2D eigenvalue weighted by Gasteiger charge is 2.12. The highest BCUT2D eigenvalue weighted by molar-refractivity contribution is 7.13. The summed E-state index contributed by atoms with van der Waals surface area (Å²) in [5.41, 5.74) is 0. The van der Waals surface area contributed by atoms with Gasteiger partial charge >= 0.3 is 0 Å². The molecule has 1 atom stereocenters. The second-order valence-corrected chi connectivity index (χ2v) is 3.66. The van der Waals surface area contributed by atoms with Gasteiger partial charge in [0.25, 0.3) is 0 Å². The van der Waals surface area contributed by atoms with Crippen molar-refractivity contribution >= 4 is 17.6 Å². The summed E-state index contributed by atoms with van der Waals surface area (Å²) in [6.45, 7) is 4.67. The zero-order valence-corrected chi connectivity index (χ0v) is 8.63. The van der Waals surface area contributed by atoms with Gasteiger partial charge in [0.2, 0.25) is 0 Å². The third-order valence-electron chi connectivity index (χ3n) is 1.67. The van der Waals surface area contributed by atoms with Gasteiger partial charge < -0.3 is 4.74 Å². The van der Waals surface area contributed by atoms with Crippen LogP contribution in [0, 0.1) is 0 Å². The van der Waals surface area contributed by atoms with Gasteiger partial charge in [-0.1, -0.05) is 6.92 Å². The first-order valence-corrected chi connectivity index (χ1v) is 5.16. The van der Waals surface area contributed by atoms with Gasteiger partial charge in [0.1, 0.15) is 11.1 Å². The van der Waals surface area contributed by atoms with Crippen LogP contribution in [0.3, 0.4) is 0 Å². The van der Waals surface area contributed by atoms with Crippen LogP contribution in [0.2, 0.25) is 0 Å². The van der Waals surface area contributed by atoms with Crippen LogP contribution in [-0.4, -0.2) is 17.9 Å². The van der Waals surface area contributed by atoms with Gasteiger partial charge in [-0.05, 0) is 13.3 Å². The molecule has 1 rings (SSSR count). The summed E-state index contributed by atoms with van der Waals surface area (Å²) in [4.78, 5) is 15.2. The van der Waals surface area contributed by atoms with Gasteiger partial charge in [-0.3, -0.25) is 4.79 Å². The van der Waals surface area contributed by atoms with Gasteiger partial charge in [0, 0.05) is 12.8 Å². The highest BCUT2D eigenvalue weighted by Crippen LogP contribution is 2.24. The standard InChI is InChI=1S/C9H13NO2S/c1-3-8(12-4-2)9-10-5-7(6-11)13-9/h5-6,8H,3-4H2,1-2H3. The zero-order valence-electron chi connectivity index (χ0n) is 7.82. The predicted molar refractivity (Wildman–Crippen MR) is 52.2 cm³/mol. The Morgan fingerprint density at radius 1 is 1.69 bits per heavy atom. The average Bonchev–Trinajstić information content (AvgIpc) is 2.62. The second-order valence-electron chi connectivity index (χ2n) is 2.57. The number of thiazole rings is 1. The van der Waals surface area contributed by atoms with E-state index < -0.39 is 0 Å². The Morgan fingerprint density at radius 2 is 2.46 bits per heavy atom. The van der Waals surface area contributed by atoms with Crippen molar-refractivity contribution < 1.29 is 9.53 Å². The molecule has 0 saturated heterocycles. The molecular weight excluding hydrogens is 186 g/mol. The van der Waals surface area contributed by atoms with Crippen LogP contribution in [0.25, 0.3) is 0 Å². The lowest BCUT2D eigenvalue weighted by Gasteiger charge is -2.10. The summed E-state index contributed by atoms with van der Waals surface area (Å²) in [5, 5.41) is 0.895. The van der Waals surface area contributed by atoms with E-state index in [0.29, 0.717) is 11.5 Å². The summed E-state index contributed by atoms with van der Waals surface area (Å²) >= 11 is 1.40. The average molecular weight is 199 g/mol. The Labute approximate surface area is 81.8 Å². The molecule has 0 aromatic carbocycles. The fourth-order valence-corrected chi connectivity index (χ4v) is 1.94. The van der Waals surface area contributed by atoms with Crippen molar-refractivity contribution in [1.82, 2.24) is 4.98 Å². The Bertz CT molecular complexity index is 272. The van der Waals surface area contributed by atoms with E-state index in [1.165, 1.54) is 11.3 Å². The maximum Gasteiger partial charge on any atom is 0.161 e. The summed E-state index contributed by atoms with van der Waals surface area (Å²) in [7, 11) is 0. The number of carbonyl (C=O) groups is 1. The van der Waals surface area contributed by atoms with Gasteiger partial charge in [0.15, 0.2) is 6.29 Å². The molecule has 0 aliphatic heterocycles. The van der Waals surface area contributed by atoms with Crippen molar-refractivity contribution in [3.05, 3.63) is 16.1 Å². The minimum absolute atomic E-state index is 0.0451. The van der Waals surface area contributed by atoms with E-state index in [9.17, 15) is 4.79 Å². The normalized spacial score (nSPS) is 12.8. The predicted octanol–water partition coefficient (Wildman–Crippen LogP) is 2.44. The molecule has 1 aromatic rings. The van der Waals surface area contributed by atoms with E-state index in [0.717, 1.165) is 17.7 Å². The van der Waals surface area contributed by atoms with Crippen molar-refractivity contribution in [3.63, 3.8) is 0 Å². The number of carbonyl (C=O) groups excluding carboxylic acids is 1. The van der Waals surface area contributed by atoms with E-state index in [1.807, 2.05) is 13.8 Å². The molecule has 0 amide bonds. The van der Waals surface area contributed by atoms with Crippen LogP contribution in [-0.2, 0) is 4.74 Å². The maximum atomic E-state index is 10.4. The number of aldehydes is 1. The Balaban J connectivity index is 2.72. The lowest BCUT2D eigenvalue weighted by atomic mass is 10.3. The van der Waals surface area contributed by atoms with E-state index >= 15 is 0 Å². The van der Waals surface area contributed by atoms with Crippen LogP contribution in [0.4, 0.5) is 0 Å². The number of rotatable bonds is 5. The minimum Gasteiger partial charge on any atom is -0.371 e. The van der Waals surface area contributed by atoms with Crippen LogP contribution in [0.1, 0.15) is 41.1 Å². The third-order valence-corrected chi connectivity index (χ3v) is 2.69. The molecule has 0 spiro atoms. The molecule has 1 unspecified atom stereocenters. The van der Waals surface area contributed by atoms with E-state index in [2.05, 4.69) is 4.98 Å². The fourth-order valence-electron chi connectivity index (χ4n) is 1.07. The molecule has 0 saturated carbocycles. The van der Waals surface area contributed by atoms with E-state index in [-0.39, 0.29) is 6.10 Å². The molecule has 0 bridgehead atoms. The molecule has 0 N–H and O–H groups in total. The first-order valence-electron chi connectivity index (χ1n) is 4.34. The summed E-state index contributed by atoms with van der Waals surface area (Å²) in [6, 6.07) is 0. The molecule has 1 heterocycles. The molecule has 3 nitrogen and oxygen atoms in total. The van der Waals surface area contributed by atoms with Crippen LogP contribution in [0.5, 0.6) is 0 Å². The highest BCUT2D eigenvalue weighted by atomic mass is 32.1. The number of hydrogen-bond donors (Lipinski definition) is 0. The molecule has 1 aromatic heterocycles. The smallest absolute Gasteiger partial charge is 0.161 e. The molecule has 4 heteroatoms. The molecule has 0 fully saturated rings. The molecule has 0 aliphatic carbocycles. The zero-order chi connectivity index (χ0) is 9.68. The Morgan fingerprint density at radius 3 is 2.92 bits per heavy atom. The molecule has 0 aliphatic rings. The minimum atomic E-state index is 0.0451. The number of hydrogen-bond acceptors (Lipinski definition) is 4. The van der Waals surface area contributed by atoms with E-state index in [4.69, 9.17) is 4.74 Å². The Hall–Kier alpha value is -0.740. The summed E-state index contributed by atoms with van der Waals surface area (Å²) in [6.07, 6.45) is 3.34. The number of aromatic nitrogens is 1. The third kappa shape index (κ3) is 2.60. The van der Waals surface area contributed by atoms with E-state index in [1.54, 1.807) is 6.20 Å². The van der Waals surface area contributed by atoms with Gasteiger partial charge in [-0.2, -0.15) is 0 Å². The quantitative estimate of drug-likeness (QED) is 0.684. The second kappa shape index (κ2) is 5.09. The molecule has 72 valence electrons. The van der Waals surface area contributed by atoms with Crippen LogP contribution >= 0.6 is 11.3 Å². The lowest BCUT2D eigenvalue weighted by molar-refractivity contribution is 0.0596. The topological polar surface area (TPSA) is 39.2 Å². The van der Waals surface area contributed by atoms with Crippen molar-refractivity contribution in [1.29, 1.82) is 0 Å². The van der Waals surface area contributed by atoms with Gasteiger partial charge in [0.05, 0.1) is 4.88 Å². The van der Waals surface area contributed by atoms with Crippen molar-refractivity contribution in [2.45, 2.75) is 26.4 Å². The van der Waals surface area contributed by atoms with Crippen LogP contribution < -0.4 is 0 Å². The lowest BCUT2D eigenvalue weighted by Crippen LogP contribution is -2.01. The molecule has 13 heavy (non-hydrogen) atoms. The fraction of sp³-hybridized carbons (Fsp3) is 0.556. The van der Waals surface area contributed by atoms with Crippen molar-refractivity contribution in [2.24, 2.45) is 0 Å². The SMILES string of the molecule is CCOC(CC)c1ncc(C=O)s1. The summed E-state index contributed by atoms with van der Waals surface area (Å²) < 4.78 is 5.47. The number of ether oxygens (including phenoxy) is 1. The van der Waals surface area contributed by atoms with Crippen LogP contribution in [0.15, 0.2) is 6.20 Å². The Kier molecular flexibility index (Phi) is 4.05. The first-order chi connectivity index (χ1) is 6.31. The maximum absolute atomic E-state index is 10.4. The molecular formula is C9H13NO2S. The van der Waals surface area contributed by atoms with Crippen molar-refractivity contribution in [2.75, 3.05) is 6.61 Å². The first kappa shape index (κ1) is 10.3. The van der Waals surface area contributed by atoms with Gasteiger partial charge in [-0.15, -0.1) is 11.3 Å². The molecule has 0 radical (unpaired) electrons. The van der Waals surface area contributed by atoms with Crippen molar-refractivity contribution in [3.8, 4) is 0 Å². The van der Waals surface area contributed by atoms with Gasteiger partial charge in [-0.25, -0.2) is 4.98 Å². The monoisotopic (exact) mass is 199 g/mol. The largest absolute Gasteiger partial charge is 0.371 e. The number of nitrogens with zero attached hydrogens (tertiary/aromatic N) is 1. The summed E-state index contributed by atoms with van der Waals surface area (Å²) in [5.74, 6) is 0.